The first-order valence-electron chi connectivity index (χ1n) is 10.6. The highest BCUT2D eigenvalue weighted by atomic mass is 19.3. The van der Waals surface area contributed by atoms with E-state index in [0.717, 1.165) is 43.3 Å². The van der Waals surface area contributed by atoms with Gasteiger partial charge in [0.25, 0.3) is 0 Å². The van der Waals surface area contributed by atoms with E-state index in [1.54, 1.807) is 0 Å². The number of anilines is 1. The Balaban J connectivity index is 1.36. The molecule has 3 aliphatic heterocycles. The number of ether oxygens (including phenoxy) is 1. The average Bonchev–Trinajstić information content (AvgIpc) is 3.33. The second-order valence-corrected chi connectivity index (χ2v) is 9.02. The van der Waals surface area contributed by atoms with E-state index in [9.17, 15) is 8.78 Å². The van der Waals surface area contributed by atoms with Crippen LogP contribution in [0.3, 0.4) is 0 Å². The van der Waals surface area contributed by atoms with E-state index in [1.165, 1.54) is 0 Å². The first-order valence-corrected chi connectivity index (χ1v) is 10.6. The Morgan fingerprint density at radius 3 is 2.89 bits per heavy atom. The number of hydrogen-bond donors (Lipinski definition) is 1. The van der Waals surface area contributed by atoms with Gasteiger partial charge in [-0.1, -0.05) is 0 Å². The number of halogens is 2. The van der Waals surface area contributed by atoms with E-state index in [1.807, 2.05) is 17.7 Å². The van der Waals surface area contributed by atoms with Gasteiger partial charge in [0, 0.05) is 24.1 Å². The van der Waals surface area contributed by atoms with Crippen LogP contribution in [0.15, 0.2) is 11.1 Å². The van der Waals surface area contributed by atoms with Crippen molar-refractivity contribution in [3.63, 3.8) is 0 Å². The van der Waals surface area contributed by atoms with Crippen molar-refractivity contribution in [3.8, 4) is 0 Å². The third kappa shape index (κ3) is 3.19. The Labute approximate surface area is 164 Å². The molecule has 1 aromatic heterocycles. The summed E-state index contributed by atoms with van der Waals surface area (Å²) in [6.45, 7) is 5.09. The number of aryl methyl sites for hydroxylation is 1. The molecule has 4 unspecified atom stereocenters. The predicted octanol–water partition coefficient (Wildman–Crippen LogP) is 3.48. The molecular formula is C20H29F2N5O. The number of aliphatic imine (C=N–C) groups is 1. The molecule has 1 N–H and O–H groups in total. The van der Waals surface area contributed by atoms with Crippen LogP contribution in [0, 0.1) is 5.41 Å². The minimum atomic E-state index is -2.23. The van der Waals surface area contributed by atoms with Crippen LogP contribution in [-0.4, -0.2) is 58.0 Å². The number of nitrogens with one attached hydrogen (secondary N) is 1. The molecule has 0 spiro atoms. The molecule has 28 heavy (non-hydrogen) atoms. The summed E-state index contributed by atoms with van der Waals surface area (Å²) in [5.41, 5.74) is 0.105. The highest BCUT2D eigenvalue weighted by molar-refractivity contribution is 5.86. The van der Waals surface area contributed by atoms with E-state index in [0.29, 0.717) is 37.8 Å². The highest BCUT2D eigenvalue weighted by Crippen LogP contribution is 2.54. The molecule has 0 amide bonds. The van der Waals surface area contributed by atoms with Crippen molar-refractivity contribution < 1.29 is 13.5 Å². The van der Waals surface area contributed by atoms with Gasteiger partial charge in [0.05, 0.1) is 17.9 Å². The van der Waals surface area contributed by atoms with Gasteiger partial charge in [-0.05, 0) is 58.8 Å². The molecule has 4 aliphatic rings. The summed E-state index contributed by atoms with van der Waals surface area (Å²) in [6, 6.07) is 2.42. The van der Waals surface area contributed by atoms with Crippen molar-refractivity contribution in [3.05, 3.63) is 11.8 Å². The lowest BCUT2D eigenvalue weighted by Crippen LogP contribution is -2.55. The van der Waals surface area contributed by atoms with Gasteiger partial charge in [-0.3, -0.25) is 0 Å². The van der Waals surface area contributed by atoms with Gasteiger partial charge >= 0.3 is 0 Å². The maximum atomic E-state index is 13.2. The normalized spacial score (nSPS) is 33.3. The summed E-state index contributed by atoms with van der Waals surface area (Å²) < 4.78 is 34.4. The third-order valence-electron chi connectivity index (χ3n) is 6.80. The van der Waals surface area contributed by atoms with Crippen LogP contribution in [-0.2, 0) is 11.2 Å². The number of piperidine rings is 1. The molecule has 2 saturated heterocycles. The Morgan fingerprint density at radius 1 is 1.32 bits per heavy atom. The van der Waals surface area contributed by atoms with Crippen molar-refractivity contribution in [2.24, 2.45) is 10.4 Å². The maximum absolute atomic E-state index is 13.2. The molecule has 4 atom stereocenters. The Hall–Kier alpha value is -1.70. The topological polar surface area (TPSA) is 54.7 Å². The summed E-state index contributed by atoms with van der Waals surface area (Å²) >= 11 is 0. The largest absolute Gasteiger partial charge is 0.375 e. The molecule has 5 rings (SSSR count). The van der Waals surface area contributed by atoms with Crippen LogP contribution in [0.25, 0.3) is 0 Å². The summed E-state index contributed by atoms with van der Waals surface area (Å²) in [7, 11) is 0. The molecule has 1 aromatic rings. The van der Waals surface area contributed by atoms with Gasteiger partial charge in [0.1, 0.15) is 12.0 Å². The average molecular weight is 393 g/mol. The number of hydrogen-bond acceptors (Lipinski definition) is 5. The SMILES string of the molecule is CC1N=C(N2CCC3CC2CC(C)O3)n2nc(CCC3(C(F)F)CC3)cc2N1. The van der Waals surface area contributed by atoms with Gasteiger partial charge < -0.3 is 15.0 Å². The number of aromatic nitrogens is 2. The predicted molar refractivity (Wildman–Crippen MR) is 103 cm³/mol. The van der Waals surface area contributed by atoms with Crippen molar-refractivity contribution in [2.45, 2.75) is 89.6 Å². The number of nitrogens with zero attached hydrogens (tertiary/aromatic N) is 4. The van der Waals surface area contributed by atoms with Crippen LogP contribution in [0.4, 0.5) is 14.6 Å². The summed E-state index contributed by atoms with van der Waals surface area (Å²) in [5, 5.41) is 8.13. The van der Waals surface area contributed by atoms with Gasteiger partial charge in [0.2, 0.25) is 12.4 Å². The Kier molecular flexibility index (Phi) is 4.37. The molecule has 6 nitrogen and oxygen atoms in total. The lowest BCUT2D eigenvalue weighted by Gasteiger charge is -2.46. The fraction of sp³-hybridized carbons (Fsp3) is 0.800. The molecule has 1 aliphatic carbocycles. The molecule has 154 valence electrons. The lowest BCUT2D eigenvalue weighted by molar-refractivity contribution is -0.0910. The fourth-order valence-corrected chi connectivity index (χ4v) is 4.98. The van der Waals surface area contributed by atoms with Gasteiger partial charge in [-0.15, -0.1) is 0 Å². The van der Waals surface area contributed by atoms with Gasteiger partial charge in [-0.2, -0.15) is 9.78 Å². The Morgan fingerprint density at radius 2 is 2.14 bits per heavy atom. The molecule has 0 radical (unpaired) electrons. The first kappa shape index (κ1) is 18.3. The molecule has 3 fully saturated rings. The number of alkyl halides is 2. The van der Waals surface area contributed by atoms with Gasteiger partial charge in [-0.25, -0.2) is 13.8 Å². The third-order valence-corrected chi connectivity index (χ3v) is 6.80. The van der Waals surface area contributed by atoms with E-state index >= 15 is 0 Å². The summed E-state index contributed by atoms with van der Waals surface area (Å²) in [4.78, 5) is 7.24. The molecule has 1 saturated carbocycles. The van der Waals surface area contributed by atoms with Crippen molar-refractivity contribution >= 4 is 11.8 Å². The standard InChI is InChI=1S/C20H29F2N5O/c1-12-9-15-11-16(28-12)4-8-26(15)19-24-13(2)23-17-10-14(25-27(17)19)3-5-20(6-7-20)18(21)22/h10,12-13,15-16,18,23H,3-9,11H2,1-2H3. The second-order valence-electron chi connectivity index (χ2n) is 9.02. The monoisotopic (exact) mass is 393 g/mol. The van der Waals surface area contributed by atoms with Crippen LogP contribution < -0.4 is 5.32 Å². The molecule has 4 heterocycles. The molecule has 0 aromatic carbocycles. The number of fused-ring (bicyclic) bond motifs is 3. The van der Waals surface area contributed by atoms with E-state index in [-0.39, 0.29) is 12.3 Å². The van der Waals surface area contributed by atoms with Gasteiger partial charge in [0.15, 0.2) is 0 Å². The van der Waals surface area contributed by atoms with Crippen LogP contribution >= 0.6 is 0 Å². The molecular weight excluding hydrogens is 364 g/mol. The zero-order valence-corrected chi connectivity index (χ0v) is 16.6. The van der Waals surface area contributed by atoms with E-state index < -0.39 is 11.8 Å². The minimum Gasteiger partial charge on any atom is -0.375 e. The van der Waals surface area contributed by atoms with Crippen LogP contribution in [0.1, 0.15) is 58.1 Å². The zero-order chi connectivity index (χ0) is 19.5. The van der Waals surface area contributed by atoms with E-state index in [4.69, 9.17) is 14.8 Å². The summed E-state index contributed by atoms with van der Waals surface area (Å²) in [6.07, 6.45) is 3.76. The Bertz CT molecular complexity index is 773. The first-order chi connectivity index (χ1) is 13.4. The van der Waals surface area contributed by atoms with Crippen molar-refractivity contribution in [1.29, 1.82) is 0 Å². The smallest absolute Gasteiger partial charge is 0.244 e. The summed E-state index contributed by atoms with van der Waals surface area (Å²) in [5.74, 6) is 1.80. The van der Waals surface area contributed by atoms with E-state index in [2.05, 4.69) is 17.1 Å². The van der Waals surface area contributed by atoms with Crippen molar-refractivity contribution in [1.82, 2.24) is 14.7 Å². The number of likely N-dealkylation sites (tertiary alicyclic amines) is 1. The highest BCUT2D eigenvalue weighted by Gasteiger charge is 2.50. The molecule has 8 heteroatoms. The molecule has 2 bridgehead atoms. The lowest BCUT2D eigenvalue weighted by atomic mass is 9.92. The quantitative estimate of drug-likeness (QED) is 0.851. The van der Waals surface area contributed by atoms with Crippen molar-refractivity contribution in [2.75, 3.05) is 11.9 Å². The zero-order valence-electron chi connectivity index (χ0n) is 16.6. The van der Waals surface area contributed by atoms with Crippen LogP contribution in [0.2, 0.25) is 0 Å². The second kappa shape index (κ2) is 6.68. The number of rotatable bonds is 4. The van der Waals surface area contributed by atoms with Crippen LogP contribution in [0.5, 0.6) is 0 Å². The maximum Gasteiger partial charge on any atom is 0.244 e. The fourth-order valence-electron chi connectivity index (χ4n) is 4.98. The minimum absolute atomic E-state index is 0.0297.